The molecule has 0 aliphatic rings. The number of nitrogen functional groups attached to an aromatic ring is 1. The van der Waals surface area contributed by atoms with Gasteiger partial charge in [0.2, 0.25) is 0 Å². The Labute approximate surface area is 82.6 Å². The van der Waals surface area contributed by atoms with E-state index in [9.17, 15) is 0 Å². The van der Waals surface area contributed by atoms with Crippen LogP contribution in [0.25, 0.3) is 6.08 Å². The van der Waals surface area contributed by atoms with Crippen molar-refractivity contribution >= 4 is 36.0 Å². The fraction of sp³-hybridized carbons (Fsp3) is 0.111. The van der Waals surface area contributed by atoms with Crippen LogP contribution in [0.4, 0.5) is 5.69 Å². The number of nitrogens with two attached hydrogens (primary N) is 1. The summed E-state index contributed by atoms with van der Waals surface area (Å²) in [5.41, 5.74) is 7.19. The van der Waals surface area contributed by atoms with Crippen molar-refractivity contribution in [1.29, 1.82) is 0 Å². The first-order valence-electron chi connectivity index (χ1n) is 3.56. The number of halogens is 1. The highest BCUT2D eigenvalue weighted by molar-refractivity contribution is 7.80. The molecule has 2 N–H and O–H groups in total. The van der Waals surface area contributed by atoms with Gasteiger partial charge in [-0.05, 0) is 17.7 Å². The number of rotatable bonds is 2. The molecule has 0 saturated heterocycles. The Bertz CT molecular complexity index is 297. The van der Waals surface area contributed by atoms with E-state index in [1.807, 2.05) is 24.3 Å². The van der Waals surface area contributed by atoms with Gasteiger partial charge in [0.1, 0.15) is 0 Å². The SMILES string of the molecule is Nc1ccc(C=CCS)c(Cl)c1. The van der Waals surface area contributed by atoms with Gasteiger partial charge in [0.05, 0.1) is 0 Å². The molecule has 0 saturated carbocycles. The number of anilines is 1. The van der Waals surface area contributed by atoms with Gasteiger partial charge in [-0.15, -0.1) is 0 Å². The van der Waals surface area contributed by atoms with Gasteiger partial charge in [-0.3, -0.25) is 0 Å². The lowest BCUT2D eigenvalue weighted by molar-refractivity contribution is 1.63. The zero-order valence-corrected chi connectivity index (χ0v) is 8.15. The quantitative estimate of drug-likeness (QED) is 0.556. The highest BCUT2D eigenvalue weighted by Gasteiger charge is 1.95. The number of hydrogen-bond acceptors (Lipinski definition) is 2. The van der Waals surface area contributed by atoms with Crippen molar-refractivity contribution in [2.45, 2.75) is 0 Å². The molecule has 0 amide bonds. The molecule has 1 aromatic rings. The van der Waals surface area contributed by atoms with Crippen LogP contribution < -0.4 is 5.73 Å². The maximum absolute atomic E-state index is 5.91. The van der Waals surface area contributed by atoms with Crippen molar-refractivity contribution in [3.63, 3.8) is 0 Å². The van der Waals surface area contributed by atoms with E-state index in [-0.39, 0.29) is 0 Å². The number of hydrogen-bond donors (Lipinski definition) is 2. The summed E-state index contributed by atoms with van der Waals surface area (Å²) in [5, 5.41) is 0.674. The fourth-order valence-electron chi connectivity index (χ4n) is 0.858. The minimum Gasteiger partial charge on any atom is -0.399 e. The van der Waals surface area contributed by atoms with Crippen molar-refractivity contribution < 1.29 is 0 Å². The topological polar surface area (TPSA) is 26.0 Å². The molecule has 1 nitrogen and oxygen atoms in total. The molecule has 0 bridgehead atoms. The molecule has 1 aromatic carbocycles. The van der Waals surface area contributed by atoms with Crippen LogP contribution in [0.1, 0.15) is 5.56 Å². The van der Waals surface area contributed by atoms with Gasteiger partial charge in [-0.1, -0.05) is 29.8 Å². The Morgan fingerprint density at radius 2 is 2.25 bits per heavy atom. The number of benzene rings is 1. The zero-order valence-electron chi connectivity index (χ0n) is 6.50. The van der Waals surface area contributed by atoms with Crippen LogP contribution in [-0.4, -0.2) is 5.75 Å². The van der Waals surface area contributed by atoms with Crippen molar-refractivity contribution in [2.24, 2.45) is 0 Å². The monoisotopic (exact) mass is 199 g/mol. The summed E-state index contributed by atoms with van der Waals surface area (Å²) in [5.74, 6) is 0.709. The third-order valence-electron chi connectivity index (χ3n) is 1.43. The third kappa shape index (κ3) is 2.47. The summed E-state index contributed by atoms with van der Waals surface area (Å²) in [4.78, 5) is 0. The van der Waals surface area contributed by atoms with Gasteiger partial charge in [0, 0.05) is 16.5 Å². The summed E-state index contributed by atoms with van der Waals surface area (Å²) in [6, 6.07) is 5.45. The first-order chi connectivity index (χ1) is 5.74. The van der Waals surface area contributed by atoms with Crippen LogP contribution >= 0.6 is 24.2 Å². The van der Waals surface area contributed by atoms with Crippen molar-refractivity contribution in [2.75, 3.05) is 11.5 Å². The van der Waals surface area contributed by atoms with Crippen LogP contribution in [0.2, 0.25) is 5.02 Å². The minimum atomic E-state index is 0.674. The van der Waals surface area contributed by atoms with Crippen molar-refractivity contribution in [1.82, 2.24) is 0 Å². The van der Waals surface area contributed by atoms with E-state index in [0.29, 0.717) is 16.5 Å². The molecular formula is C9H10ClNS. The van der Waals surface area contributed by atoms with Crippen molar-refractivity contribution in [3.05, 3.63) is 34.9 Å². The molecule has 3 heteroatoms. The van der Waals surface area contributed by atoms with E-state index >= 15 is 0 Å². The summed E-state index contributed by atoms with van der Waals surface area (Å²) < 4.78 is 0. The average molecular weight is 200 g/mol. The molecule has 0 radical (unpaired) electrons. The van der Waals surface area contributed by atoms with E-state index in [0.717, 1.165) is 5.56 Å². The van der Waals surface area contributed by atoms with Gasteiger partial charge >= 0.3 is 0 Å². The molecule has 0 unspecified atom stereocenters. The maximum Gasteiger partial charge on any atom is 0.0498 e. The highest BCUT2D eigenvalue weighted by atomic mass is 35.5. The van der Waals surface area contributed by atoms with Gasteiger partial charge in [-0.2, -0.15) is 12.6 Å². The lowest BCUT2D eigenvalue weighted by Gasteiger charge is -1.98. The van der Waals surface area contributed by atoms with Crippen LogP contribution in [0.15, 0.2) is 24.3 Å². The molecule has 1 rings (SSSR count). The third-order valence-corrected chi connectivity index (χ3v) is 1.97. The van der Waals surface area contributed by atoms with E-state index in [4.69, 9.17) is 17.3 Å². The number of thiol groups is 1. The van der Waals surface area contributed by atoms with E-state index < -0.39 is 0 Å². The minimum absolute atomic E-state index is 0.674. The Hall–Kier alpha value is -0.600. The highest BCUT2D eigenvalue weighted by Crippen LogP contribution is 2.20. The van der Waals surface area contributed by atoms with Crippen LogP contribution in [-0.2, 0) is 0 Å². The first-order valence-corrected chi connectivity index (χ1v) is 4.57. The molecule has 0 heterocycles. The largest absolute Gasteiger partial charge is 0.399 e. The predicted molar refractivity (Wildman–Crippen MR) is 58.8 cm³/mol. The van der Waals surface area contributed by atoms with E-state index in [1.54, 1.807) is 6.07 Å². The average Bonchev–Trinajstić information content (AvgIpc) is 2.03. The summed E-state index contributed by atoms with van der Waals surface area (Å²) in [6.45, 7) is 0. The van der Waals surface area contributed by atoms with E-state index in [2.05, 4.69) is 12.6 Å². The zero-order chi connectivity index (χ0) is 8.97. The lowest BCUT2D eigenvalue weighted by Crippen LogP contribution is -1.84. The molecule has 12 heavy (non-hydrogen) atoms. The Kier molecular flexibility index (Phi) is 3.50. The molecule has 0 spiro atoms. The first kappa shape index (κ1) is 9.49. The summed E-state index contributed by atoms with van der Waals surface area (Å²) in [6.07, 6.45) is 3.86. The normalized spacial score (nSPS) is 10.8. The fourth-order valence-corrected chi connectivity index (χ4v) is 1.22. The van der Waals surface area contributed by atoms with Gasteiger partial charge in [0.25, 0.3) is 0 Å². The molecule has 0 fully saturated rings. The Balaban J connectivity index is 2.94. The molecule has 64 valence electrons. The summed E-state index contributed by atoms with van der Waals surface area (Å²) in [7, 11) is 0. The second-order valence-electron chi connectivity index (χ2n) is 2.37. The van der Waals surface area contributed by atoms with Crippen molar-refractivity contribution in [3.8, 4) is 0 Å². The van der Waals surface area contributed by atoms with Gasteiger partial charge < -0.3 is 5.73 Å². The molecule has 0 atom stereocenters. The molecule has 0 aliphatic carbocycles. The van der Waals surface area contributed by atoms with Crippen LogP contribution in [0, 0.1) is 0 Å². The second kappa shape index (κ2) is 4.43. The van der Waals surface area contributed by atoms with Crippen LogP contribution in [0.5, 0.6) is 0 Å². The van der Waals surface area contributed by atoms with E-state index in [1.165, 1.54) is 0 Å². The Morgan fingerprint density at radius 1 is 1.50 bits per heavy atom. The molecule has 0 aromatic heterocycles. The van der Waals surface area contributed by atoms with Gasteiger partial charge in [-0.25, -0.2) is 0 Å². The second-order valence-corrected chi connectivity index (χ2v) is 3.14. The molecular weight excluding hydrogens is 190 g/mol. The Morgan fingerprint density at radius 3 is 2.83 bits per heavy atom. The smallest absolute Gasteiger partial charge is 0.0498 e. The molecule has 0 aliphatic heterocycles. The van der Waals surface area contributed by atoms with Crippen LogP contribution in [0.3, 0.4) is 0 Å². The lowest BCUT2D eigenvalue weighted by atomic mass is 10.2. The van der Waals surface area contributed by atoms with Gasteiger partial charge in [0.15, 0.2) is 0 Å². The predicted octanol–water partition coefficient (Wildman–Crippen LogP) is 2.87. The summed E-state index contributed by atoms with van der Waals surface area (Å²) >= 11 is 9.96. The maximum atomic E-state index is 5.91. The standard InChI is InChI=1S/C9H10ClNS/c10-9-6-8(11)4-3-7(9)2-1-5-12/h1-4,6,12H,5,11H2.